The van der Waals surface area contributed by atoms with Gasteiger partial charge in [-0.15, -0.1) is 0 Å². The number of hydrogen-bond acceptors (Lipinski definition) is 2. The fourth-order valence-electron chi connectivity index (χ4n) is 2.43. The van der Waals surface area contributed by atoms with Gasteiger partial charge in [0.25, 0.3) is 0 Å². The topological polar surface area (TPSA) is 21.3 Å². The van der Waals surface area contributed by atoms with E-state index in [1.807, 2.05) is 0 Å². The molecular weight excluding hydrogens is 162 g/mol. The summed E-state index contributed by atoms with van der Waals surface area (Å²) in [6.45, 7) is 3.16. The van der Waals surface area contributed by atoms with Crippen molar-refractivity contribution in [2.24, 2.45) is 5.92 Å². The monoisotopic (exact) mass is 183 g/mol. The maximum absolute atomic E-state index is 5.46. The smallest absolute Gasteiger partial charge is 0.0506 e. The zero-order valence-corrected chi connectivity index (χ0v) is 8.43. The Morgan fingerprint density at radius 2 is 1.92 bits per heavy atom. The summed E-state index contributed by atoms with van der Waals surface area (Å²) < 4.78 is 5.46. The van der Waals surface area contributed by atoms with Crippen LogP contribution in [0, 0.1) is 5.92 Å². The largest absolute Gasteiger partial charge is 0.381 e. The molecule has 2 rings (SSSR count). The Hall–Kier alpha value is -0.0800. The molecule has 1 aliphatic carbocycles. The van der Waals surface area contributed by atoms with E-state index in [0.29, 0.717) is 0 Å². The van der Waals surface area contributed by atoms with Crippen molar-refractivity contribution in [2.45, 2.75) is 44.6 Å². The van der Waals surface area contributed by atoms with Crippen LogP contribution < -0.4 is 5.32 Å². The highest BCUT2D eigenvalue weighted by molar-refractivity contribution is 4.75. The summed E-state index contributed by atoms with van der Waals surface area (Å²) in [4.78, 5) is 0. The summed E-state index contributed by atoms with van der Waals surface area (Å²) in [6.07, 6.45) is 8.27. The minimum Gasteiger partial charge on any atom is -0.381 e. The second-order valence-electron chi connectivity index (χ2n) is 4.47. The molecule has 0 aromatic rings. The van der Waals surface area contributed by atoms with Crippen LogP contribution in [-0.4, -0.2) is 25.8 Å². The molecule has 0 spiro atoms. The Bertz CT molecular complexity index is 137. The van der Waals surface area contributed by atoms with Crippen LogP contribution in [-0.2, 0) is 4.74 Å². The van der Waals surface area contributed by atoms with Gasteiger partial charge in [0.2, 0.25) is 0 Å². The highest BCUT2D eigenvalue weighted by atomic mass is 16.5. The van der Waals surface area contributed by atoms with Gasteiger partial charge in [-0.05, 0) is 31.6 Å². The van der Waals surface area contributed by atoms with Gasteiger partial charge >= 0.3 is 0 Å². The molecule has 1 saturated carbocycles. The maximum Gasteiger partial charge on any atom is 0.0506 e. The fourth-order valence-corrected chi connectivity index (χ4v) is 2.43. The minimum absolute atomic E-state index is 0.786. The van der Waals surface area contributed by atoms with Crippen molar-refractivity contribution in [2.75, 3.05) is 19.8 Å². The van der Waals surface area contributed by atoms with E-state index in [-0.39, 0.29) is 0 Å². The van der Waals surface area contributed by atoms with Gasteiger partial charge in [-0.1, -0.05) is 12.8 Å². The molecule has 0 aromatic heterocycles. The van der Waals surface area contributed by atoms with Crippen LogP contribution in [0.5, 0.6) is 0 Å². The van der Waals surface area contributed by atoms with E-state index in [9.17, 15) is 0 Å². The van der Waals surface area contributed by atoms with Crippen molar-refractivity contribution in [3.05, 3.63) is 0 Å². The first kappa shape index (κ1) is 9.47. The van der Waals surface area contributed by atoms with Crippen LogP contribution in [0.15, 0.2) is 0 Å². The van der Waals surface area contributed by atoms with Gasteiger partial charge in [0.15, 0.2) is 0 Å². The molecule has 0 radical (unpaired) electrons. The van der Waals surface area contributed by atoms with Crippen LogP contribution >= 0.6 is 0 Å². The lowest BCUT2D eigenvalue weighted by molar-refractivity contribution is 0.0539. The van der Waals surface area contributed by atoms with Crippen LogP contribution in [0.4, 0.5) is 0 Å². The van der Waals surface area contributed by atoms with Crippen molar-refractivity contribution < 1.29 is 4.74 Å². The zero-order chi connectivity index (χ0) is 8.93. The Kier molecular flexibility index (Phi) is 3.62. The van der Waals surface area contributed by atoms with Gasteiger partial charge in [-0.25, -0.2) is 0 Å². The SMILES string of the molecule is C1COCC(CNC2CCCC2)C1. The third kappa shape index (κ3) is 2.96. The van der Waals surface area contributed by atoms with Crippen molar-refractivity contribution in [3.63, 3.8) is 0 Å². The first-order valence-electron chi connectivity index (χ1n) is 5.76. The third-order valence-corrected chi connectivity index (χ3v) is 3.30. The highest BCUT2D eigenvalue weighted by Gasteiger charge is 2.18. The number of rotatable bonds is 3. The minimum atomic E-state index is 0.786. The van der Waals surface area contributed by atoms with Crippen molar-refractivity contribution >= 4 is 0 Å². The highest BCUT2D eigenvalue weighted by Crippen LogP contribution is 2.19. The van der Waals surface area contributed by atoms with Gasteiger partial charge in [-0.3, -0.25) is 0 Å². The molecule has 0 aromatic carbocycles. The predicted molar refractivity (Wildman–Crippen MR) is 53.8 cm³/mol. The number of hydrogen-bond donors (Lipinski definition) is 1. The number of ether oxygens (including phenoxy) is 1. The average molecular weight is 183 g/mol. The molecule has 1 saturated heterocycles. The lowest BCUT2D eigenvalue weighted by Crippen LogP contribution is -2.34. The summed E-state index contributed by atoms with van der Waals surface area (Å²) in [5.74, 6) is 0.786. The molecule has 1 atom stereocenters. The lowest BCUT2D eigenvalue weighted by atomic mass is 10.0. The van der Waals surface area contributed by atoms with Crippen molar-refractivity contribution in [3.8, 4) is 0 Å². The van der Waals surface area contributed by atoms with Crippen molar-refractivity contribution in [1.29, 1.82) is 0 Å². The first-order valence-corrected chi connectivity index (χ1v) is 5.76. The molecular formula is C11H21NO. The first-order chi connectivity index (χ1) is 6.45. The molecule has 1 N–H and O–H groups in total. The summed E-state index contributed by atoms with van der Waals surface area (Å²) in [5, 5.41) is 3.67. The molecule has 1 unspecified atom stereocenters. The standard InChI is InChI=1S/C11H21NO/c1-2-6-11(5-1)12-8-10-4-3-7-13-9-10/h10-12H,1-9H2. The van der Waals surface area contributed by atoms with Crippen LogP contribution in [0.25, 0.3) is 0 Å². The van der Waals surface area contributed by atoms with E-state index in [2.05, 4.69) is 5.32 Å². The Morgan fingerprint density at radius 1 is 1.08 bits per heavy atom. The predicted octanol–water partition coefficient (Wildman–Crippen LogP) is 1.95. The van der Waals surface area contributed by atoms with E-state index < -0.39 is 0 Å². The molecule has 1 aliphatic heterocycles. The summed E-state index contributed by atoms with van der Waals surface area (Å²) in [7, 11) is 0. The van der Waals surface area contributed by atoms with Gasteiger partial charge in [0, 0.05) is 19.2 Å². The molecule has 13 heavy (non-hydrogen) atoms. The van der Waals surface area contributed by atoms with Crippen LogP contribution in [0.2, 0.25) is 0 Å². The zero-order valence-electron chi connectivity index (χ0n) is 8.43. The maximum atomic E-state index is 5.46. The van der Waals surface area contributed by atoms with Gasteiger partial charge < -0.3 is 10.1 Å². The average Bonchev–Trinajstić information content (AvgIpc) is 2.69. The molecule has 1 heterocycles. The van der Waals surface area contributed by atoms with Gasteiger partial charge in [0.1, 0.15) is 0 Å². The molecule has 76 valence electrons. The van der Waals surface area contributed by atoms with E-state index in [1.54, 1.807) is 0 Å². The van der Waals surface area contributed by atoms with E-state index in [1.165, 1.54) is 45.1 Å². The Morgan fingerprint density at radius 3 is 2.62 bits per heavy atom. The summed E-state index contributed by atoms with van der Waals surface area (Å²) in [5.41, 5.74) is 0. The third-order valence-electron chi connectivity index (χ3n) is 3.30. The summed E-state index contributed by atoms with van der Waals surface area (Å²) in [6, 6.07) is 0.821. The molecule has 0 bridgehead atoms. The summed E-state index contributed by atoms with van der Waals surface area (Å²) >= 11 is 0. The van der Waals surface area contributed by atoms with E-state index in [4.69, 9.17) is 4.74 Å². The fraction of sp³-hybridized carbons (Fsp3) is 1.00. The number of nitrogens with one attached hydrogen (secondary N) is 1. The molecule has 0 amide bonds. The molecule has 2 fully saturated rings. The molecule has 2 nitrogen and oxygen atoms in total. The van der Waals surface area contributed by atoms with Crippen LogP contribution in [0.1, 0.15) is 38.5 Å². The van der Waals surface area contributed by atoms with E-state index >= 15 is 0 Å². The quantitative estimate of drug-likeness (QED) is 0.722. The van der Waals surface area contributed by atoms with Gasteiger partial charge in [-0.2, -0.15) is 0 Å². The second kappa shape index (κ2) is 4.97. The van der Waals surface area contributed by atoms with E-state index in [0.717, 1.165) is 25.2 Å². The van der Waals surface area contributed by atoms with Crippen LogP contribution in [0.3, 0.4) is 0 Å². The van der Waals surface area contributed by atoms with Gasteiger partial charge in [0.05, 0.1) is 6.61 Å². The molecule has 2 heteroatoms. The Balaban J connectivity index is 1.60. The van der Waals surface area contributed by atoms with Crippen molar-refractivity contribution in [1.82, 2.24) is 5.32 Å². The lowest BCUT2D eigenvalue weighted by Gasteiger charge is -2.24. The Labute approximate surface area is 81.0 Å². The molecule has 2 aliphatic rings. The normalized spacial score (nSPS) is 30.9. The second-order valence-corrected chi connectivity index (χ2v) is 4.47.